The van der Waals surface area contributed by atoms with E-state index in [-0.39, 0.29) is 24.0 Å². The third-order valence-electron chi connectivity index (χ3n) is 4.59. The molecule has 0 bridgehead atoms. The van der Waals surface area contributed by atoms with E-state index in [1.165, 1.54) is 12.3 Å². The minimum Gasteiger partial charge on any atom is -0.328 e. The smallest absolute Gasteiger partial charge is 0.306 e. The minimum atomic E-state index is -3.09. The van der Waals surface area contributed by atoms with E-state index in [4.69, 9.17) is 6.57 Å². The molecule has 1 aliphatic rings. The van der Waals surface area contributed by atoms with Crippen LogP contribution in [0, 0.1) is 6.57 Å². The summed E-state index contributed by atoms with van der Waals surface area (Å²) in [5, 5.41) is 0. The van der Waals surface area contributed by atoms with Crippen LogP contribution in [0.5, 0.6) is 0 Å². The Labute approximate surface area is 159 Å². The number of carbonyl (C=O) groups excluding carboxylic acids is 2. The number of aromatic amines is 1. The lowest BCUT2D eigenvalue weighted by Crippen LogP contribution is -2.35. The van der Waals surface area contributed by atoms with Crippen LogP contribution in [0.25, 0.3) is 16.0 Å². The van der Waals surface area contributed by atoms with E-state index in [0.717, 1.165) is 4.90 Å². The van der Waals surface area contributed by atoms with Crippen molar-refractivity contribution in [2.45, 2.75) is 31.4 Å². The van der Waals surface area contributed by atoms with Crippen LogP contribution in [0.1, 0.15) is 29.6 Å². The van der Waals surface area contributed by atoms with Crippen molar-refractivity contribution in [2.75, 3.05) is 6.54 Å². The van der Waals surface area contributed by atoms with Crippen molar-refractivity contribution in [1.82, 2.24) is 9.88 Å². The number of alkyl halides is 2. The van der Waals surface area contributed by atoms with E-state index in [9.17, 15) is 23.2 Å². The van der Waals surface area contributed by atoms with Gasteiger partial charge in [0, 0.05) is 30.7 Å². The van der Waals surface area contributed by atoms with Crippen LogP contribution < -0.4 is 5.56 Å². The van der Waals surface area contributed by atoms with E-state index in [1.54, 1.807) is 30.3 Å². The number of aromatic nitrogens is 1. The Morgan fingerprint density at radius 2 is 1.96 bits per heavy atom. The van der Waals surface area contributed by atoms with Crippen LogP contribution >= 0.6 is 0 Å². The summed E-state index contributed by atoms with van der Waals surface area (Å²) in [6, 6.07) is 10.2. The molecule has 1 atom stereocenters. The summed E-state index contributed by atoms with van der Waals surface area (Å²) in [7, 11) is 0. The van der Waals surface area contributed by atoms with Crippen molar-refractivity contribution in [3.63, 3.8) is 0 Å². The fourth-order valence-corrected chi connectivity index (χ4v) is 3.22. The van der Waals surface area contributed by atoms with Gasteiger partial charge in [-0.2, -0.15) is 0 Å². The molecule has 0 radical (unpaired) electrons. The Morgan fingerprint density at radius 3 is 2.64 bits per heavy atom. The molecule has 1 saturated heterocycles. The number of hydrogen-bond donors (Lipinski definition) is 1. The van der Waals surface area contributed by atoms with Gasteiger partial charge in [-0.25, -0.2) is 15.4 Å². The first-order valence-corrected chi connectivity index (χ1v) is 8.66. The maximum atomic E-state index is 13.5. The molecule has 144 valence electrons. The van der Waals surface area contributed by atoms with Gasteiger partial charge in [0.15, 0.2) is 5.78 Å². The molecular weight excluding hydrogens is 368 g/mol. The van der Waals surface area contributed by atoms with E-state index in [1.807, 2.05) is 0 Å². The quantitative estimate of drug-likeness (QED) is 0.635. The number of H-pyrrole nitrogens is 1. The lowest BCUT2D eigenvalue weighted by molar-refractivity contribution is -0.132. The van der Waals surface area contributed by atoms with Gasteiger partial charge in [-0.05, 0) is 11.1 Å². The summed E-state index contributed by atoms with van der Waals surface area (Å²) < 4.78 is 27.0. The molecule has 0 spiro atoms. The van der Waals surface area contributed by atoms with Crippen molar-refractivity contribution < 1.29 is 18.4 Å². The topological polar surface area (TPSA) is 74.6 Å². The van der Waals surface area contributed by atoms with Crippen molar-refractivity contribution >= 4 is 11.7 Å². The molecule has 1 aliphatic heterocycles. The van der Waals surface area contributed by atoms with E-state index in [2.05, 4.69) is 9.83 Å². The van der Waals surface area contributed by atoms with Crippen molar-refractivity contribution in [3.05, 3.63) is 69.9 Å². The summed E-state index contributed by atoms with van der Waals surface area (Å²) in [5.41, 5.74) is 0.988. The van der Waals surface area contributed by atoms with Gasteiger partial charge in [-0.1, -0.05) is 30.3 Å². The van der Waals surface area contributed by atoms with Gasteiger partial charge in [0.1, 0.15) is 6.42 Å². The molecule has 0 unspecified atom stereocenters. The lowest BCUT2D eigenvalue weighted by Gasteiger charge is -2.16. The van der Waals surface area contributed by atoms with Crippen LogP contribution in [0.4, 0.5) is 8.78 Å². The zero-order valence-electron chi connectivity index (χ0n) is 14.8. The number of pyridine rings is 1. The molecule has 8 heteroatoms. The highest BCUT2D eigenvalue weighted by Crippen LogP contribution is 2.33. The first-order chi connectivity index (χ1) is 13.3. The summed E-state index contributed by atoms with van der Waals surface area (Å²) in [6.07, 6.45) is -1.09. The lowest BCUT2D eigenvalue weighted by atomic mass is 9.97. The normalized spacial score (nSPS) is 17.9. The number of hydrogen-bond acceptors (Lipinski definition) is 3. The van der Waals surface area contributed by atoms with Crippen LogP contribution in [-0.2, 0) is 4.79 Å². The maximum absolute atomic E-state index is 13.5. The van der Waals surface area contributed by atoms with Crippen LogP contribution in [0.3, 0.4) is 0 Å². The van der Waals surface area contributed by atoms with E-state index in [0.29, 0.717) is 11.1 Å². The summed E-state index contributed by atoms with van der Waals surface area (Å²) in [4.78, 5) is 43.0. The van der Waals surface area contributed by atoms with Gasteiger partial charge in [0.2, 0.25) is 11.5 Å². The summed E-state index contributed by atoms with van der Waals surface area (Å²) in [5.74, 6) is -4.14. The molecule has 2 heterocycles. The number of nitrogens with zero attached hydrogens (tertiary/aromatic N) is 2. The Hall–Kier alpha value is -3.34. The van der Waals surface area contributed by atoms with E-state index >= 15 is 0 Å². The van der Waals surface area contributed by atoms with Gasteiger partial charge in [0.25, 0.3) is 5.92 Å². The SMILES string of the molecule is [C-]#[N+][C@@H]1CC(F)(F)CN1C(=O)CCC(=O)c1c[nH]c(=O)cc1-c1ccccc1. The second-order valence-corrected chi connectivity index (χ2v) is 6.61. The molecule has 0 saturated carbocycles. The molecule has 1 fully saturated rings. The van der Waals surface area contributed by atoms with Gasteiger partial charge < -0.3 is 4.98 Å². The zero-order chi connectivity index (χ0) is 20.3. The number of halogens is 2. The number of nitrogens with one attached hydrogen (secondary N) is 1. The molecule has 2 aromatic rings. The average molecular weight is 385 g/mol. The molecule has 1 aromatic heterocycles. The Kier molecular flexibility index (Phi) is 5.36. The molecule has 3 rings (SSSR count). The van der Waals surface area contributed by atoms with Crippen LogP contribution in [-0.4, -0.2) is 40.2 Å². The Bertz CT molecular complexity index is 996. The van der Waals surface area contributed by atoms with Crippen LogP contribution in [0.15, 0.2) is 47.4 Å². The van der Waals surface area contributed by atoms with E-state index < -0.39 is 36.7 Å². The largest absolute Gasteiger partial charge is 0.328 e. The number of ketones is 1. The third-order valence-corrected chi connectivity index (χ3v) is 4.59. The highest BCUT2D eigenvalue weighted by atomic mass is 19.3. The molecule has 0 aliphatic carbocycles. The van der Waals surface area contributed by atoms with Gasteiger partial charge in [-0.15, -0.1) is 0 Å². The van der Waals surface area contributed by atoms with Gasteiger partial charge in [0.05, 0.1) is 6.54 Å². The number of carbonyl (C=O) groups is 2. The number of Topliss-reactive ketones (excluding diaryl/α,β-unsaturated/α-hetero) is 1. The molecule has 1 aromatic carbocycles. The highest BCUT2D eigenvalue weighted by molar-refractivity contribution is 6.03. The standard InChI is InChI=1S/C20H17F2N3O3/c1-23-17-10-20(21,22)12-25(17)19(28)8-7-16(26)15-11-24-18(27)9-14(15)13-5-3-2-4-6-13/h2-6,9,11,17H,7-8,10,12H2,(H,24,27)/t17-/m0/s1. The number of rotatable bonds is 5. The molecule has 1 amide bonds. The fraction of sp³-hybridized carbons (Fsp3) is 0.300. The van der Waals surface area contributed by atoms with Crippen molar-refractivity contribution in [1.29, 1.82) is 0 Å². The number of amides is 1. The van der Waals surface area contributed by atoms with Gasteiger partial charge in [-0.3, -0.25) is 24.1 Å². The fourth-order valence-electron chi connectivity index (χ4n) is 3.22. The number of likely N-dealkylation sites (tertiary alicyclic amines) is 1. The van der Waals surface area contributed by atoms with Gasteiger partial charge >= 0.3 is 6.17 Å². The van der Waals surface area contributed by atoms with Crippen molar-refractivity contribution in [3.8, 4) is 11.1 Å². The Morgan fingerprint density at radius 1 is 1.25 bits per heavy atom. The molecular formula is C20H17F2N3O3. The average Bonchev–Trinajstić information content (AvgIpc) is 3.01. The highest BCUT2D eigenvalue weighted by Gasteiger charge is 2.50. The molecule has 6 nitrogen and oxygen atoms in total. The minimum absolute atomic E-state index is 0.211. The Balaban J connectivity index is 1.75. The van der Waals surface area contributed by atoms with Crippen LogP contribution in [0.2, 0.25) is 0 Å². The first-order valence-electron chi connectivity index (χ1n) is 8.66. The third kappa shape index (κ3) is 4.14. The predicted molar refractivity (Wildman–Crippen MR) is 97.7 cm³/mol. The maximum Gasteiger partial charge on any atom is 0.306 e. The van der Waals surface area contributed by atoms with Crippen molar-refractivity contribution in [2.24, 2.45) is 0 Å². The molecule has 1 N–H and O–H groups in total. The molecule has 28 heavy (non-hydrogen) atoms. The number of benzene rings is 1. The first kappa shape index (κ1) is 19.4. The second-order valence-electron chi connectivity index (χ2n) is 6.61. The summed E-state index contributed by atoms with van der Waals surface area (Å²) >= 11 is 0. The predicted octanol–water partition coefficient (Wildman–Crippen LogP) is 3.12. The zero-order valence-corrected chi connectivity index (χ0v) is 14.8. The second kappa shape index (κ2) is 7.72. The summed E-state index contributed by atoms with van der Waals surface area (Å²) in [6.45, 7) is 6.19. The monoisotopic (exact) mass is 385 g/mol.